The summed E-state index contributed by atoms with van der Waals surface area (Å²) in [6.45, 7) is 2.39. The molecule has 0 spiro atoms. The molecule has 0 saturated carbocycles. The second-order valence-electron chi connectivity index (χ2n) is 8.21. The summed E-state index contributed by atoms with van der Waals surface area (Å²) in [5.74, 6) is -0.262. The fourth-order valence-electron chi connectivity index (χ4n) is 4.68. The number of unbranched alkanes of at least 4 members (excludes halogenated alkanes) is 4. The quantitative estimate of drug-likeness (QED) is 0.252. The van der Waals surface area contributed by atoms with Crippen LogP contribution >= 0.6 is 0 Å². The Kier molecular flexibility index (Phi) is 7.88. The minimum Gasteiger partial charge on any atom is -0.331 e. The lowest BCUT2D eigenvalue weighted by molar-refractivity contribution is -0.355. The molecule has 1 unspecified atom stereocenters. The van der Waals surface area contributed by atoms with Gasteiger partial charge in [0, 0.05) is 27.8 Å². The number of rotatable bonds is 12. The van der Waals surface area contributed by atoms with Gasteiger partial charge in [-0.1, -0.05) is 75.1 Å². The molecule has 2 aromatic carbocycles. The zero-order valence-electron chi connectivity index (χ0n) is 18.5. The lowest BCUT2D eigenvalue weighted by atomic mass is 9.89. The van der Waals surface area contributed by atoms with Gasteiger partial charge in [0.15, 0.2) is 0 Å². The van der Waals surface area contributed by atoms with E-state index >= 15 is 0 Å². The van der Waals surface area contributed by atoms with E-state index < -0.39 is 5.97 Å². The van der Waals surface area contributed by atoms with E-state index in [1.54, 1.807) is 32.5 Å². The second-order valence-corrected chi connectivity index (χ2v) is 8.21. The fraction of sp³-hybridized carbons (Fsp3) is 0.538. The molecule has 158 valence electrons. The molecular formula is C26H36O3. The van der Waals surface area contributed by atoms with E-state index in [0.717, 1.165) is 19.3 Å². The lowest BCUT2D eigenvalue weighted by Crippen LogP contribution is -2.35. The van der Waals surface area contributed by atoms with Gasteiger partial charge in [0.25, 0.3) is 5.97 Å². The molecule has 0 radical (unpaired) electrons. The molecule has 1 aliphatic rings. The van der Waals surface area contributed by atoms with Gasteiger partial charge in [0.2, 0.25) is 0 Å². The van der Waals surface area contributed by atoms with Gasteiger partial charge in [-0.05, 0) is 53.0 Å². The van der Waals surface area contributed by atoms with Crippen molar-refractivity contribution < 1.29 is 14.2 Å². The molecule has 3 rings (SSSR count). The Balaban J connectivity index is 1.43. The molecule has 0 saturated heterocycles. The summed E-state index contributed by atoms with van der Waals surface area (Å²) < 4.78 is 16.1. The van der Waals surface area contributed by atoms with Gasteiger partial charge < -0.3 is 14.2 Å². The Morgan fingerprint density at radius 2 is 1.45 bits per heavy atom. The maximum absolute atomic E-state index is 5.36. The molecule has 3 heteroatoms. The highest BCUT2D eigenvalue weighted by Crippen LogP contribution is 2.40. The molecule has 3 nitrogen and oxygen atoms in total. The molecule has 1 aliphatic carbocycles. The lowest BCUT2D eigenvalue weighted by Gasteiger charge is -2.28. The molecule has 0 amide bonds. The van der Waals surface area contributed by atoms with Crippen molar-refractivity contribution in [2.45, 2.75) is 70.2 Å². The first-order chi connectivity index (χ1) is 14.1. The predicted molar refractivity (Wildman–Crippen MR) is 119 cm³/mol. The Morgan fingerprint density at radius 1 is 0.793 bits per heavy atom. The maximum atomic E-state index is 5.36. The maximum Gasteiger partial charge on any atom is 0.282 e. The van der Waals surface area contributed by atoms with Crippen molar-refractivity contribution in [1.82, 2.24) is 0 Å². The van der Waals surface area contributed by atoms with Gasteiger partial charge in [-0.25, -0.2) is 0 Å². The van der Waals surface area contributed by atoms with E-state index in [1.807, 2.05) is 0 Å². The first-order valence-corrected chi connectivity index (χ1v) is 11.0. The molecule has 0 aromatic heterocycles. The fourth-order valence-corrected chi connectivity index (χ4v) is 4.68. The molecule has 29 heavy (non-hydrogen) atoms. The largest absolute Gasteiger partial charge is 0.331 e. The average molecular weight is 397 g/mol. The van der Waals surface area contributed by atoms with Crippen molar-refractivity contribution >= 4 is 0 Å². The van der Waals surface area contributed by atoms with E-state index in [1.165, 1.54) is 48.8 Å². The first-order valence-electron chi connectivity index (χ1n) is 11.0. The predicted octanol–water partition coefficient (Wildman–Crippen LogP) is 6.69. The van der Waals surface area contributed by atoms with Crippen molar-refractivity contribution in [1.29, 1.82) is 0 Å². The molecule has 0 fully saturated rings. The molecule has 0 aliphatic heterocycles. The van der Waals surface area contributed by atoms with Gasteiger partial charge in [0.1, 0.15) is 0 Å². The average Bonchev–Trinajstić information content (AvgIpc) is 3.15. The number of hydrogen-bond donors (Lipinski definition) is 0. The van der Waals surface area contributed by atoms with Crippen LogP contribution in [0.1, 0.15) is 74.5 Å². The Morgan fingerprint density at radius 3 is 2.21 bits per heavy atom. The highest BCUT2D eigenvalue weighted by atomic mass is 16.9. The summed E-state index contributed by atoms with van der Waals surface area (Å²) in [6.07, 6.45) is 9.15. The van der Waals surface area contributed by atoms with Crippen LogP contribution in [0.3, 0.4) is 0 Å². The first kappa shape index (κ1) is 22.0. The van der Waals surface area contributed by atoms with Gasteiger partial charge in [-0.2, -0.15) is 0 Å². The normalized spacial score (nSPS) is 13.9. The molecule has 0 heterocycles. The zero-order valence-corrected chi connectivity index (χ0v) is 18.5. The summed E-state index contributed by atoms with van der Waals surface area (Å²) in [5, 5.41) is 0. The van der Waals surface area contributed by atoms with E-state index in [4.69, 9.17) is 14.2 Å². The van der Waals surface area contributed by atoms with Crippen molar-refractivity contribution in [2.75, 3.05) is 21.3 Å². The third kappa shape index (κ3) is 5.09. The summed E-state index contributed by atoms with van der Waals surface area (Å²) in [7, 11) is 4.90. The van der Waals surface area contributed by atoms with Crippen molar-refractivity contribution in [3.8, 4) is 11.1 Å². The van der Waals surface area contributed by atoms with Crippen LogP contribution in [0.5, 0.6) is 0 Å². The van der Waals surface area contributed by atoms with Crippen molar-refractivity contribution in [3.63, 3.8) is 0 Å². The van der Waals surface area contributed by atoms with Gasteiger partial charge in [-0.15, -0.1) is 0 Å². The van der Waals surface area contributed by atoms with Crippen LogP contribution in [0.2, 0.25) is 0 Å². The Bertz CT molecular complexity index is 771. The van der Waals surface area contributed by atoms with Crippen molar-refractivity contribution in [2.24, 2.45) is 0 Å². The highest BCUT2D eigenvalue weighted by molar-refractivity contribution is 5.78. The third-order valence-electron chi connectivity index (χ3n) is 6.47. The topological polar surface area (TPSA) is 27.7 Å². The third-order valence-corrected chi connectivity index (χ3v) is 6.47. The van der Waals surface area contributed by atoms with Gasteiger partial charge >= 0.3 is 0 Å². The molecule has 1 atom stereocenters. The SMILES string of the molecule is COC(CCCCCCCC(C)c1cccc2c1Cc1ccccc1-2)(OC)OC. The number of hydrogen-bond acceptors (Lipinski definition) is 3. The van der Waals surface area contributed by atoms with Crippen LogP contribution < -0.4 is 0 Å². The monoisotopic (exact) mass is 396 g/mol. The summed E-state index contributed by atoms with van der Waals surface area (Å²) in [5.41, 5.74) is 7.44. The van der Waals surface area contributed by atoms with Crippen molar-refractivity contribution in [3.05, 3.63) is 59.2 Å². The molecule has 0 bridgehead atoms. The zero-order chi connectivity index (χ0) is 20.7. The smallest absolute Gasteiger partial charge is 0.282 e. The van der Waals surface area contributed by atoms with Crippen LogP contribution in [0.25, 0.3) is 11.1 Å². The Labute approximate surface area is 176 Å². The van der Waals surface area contributed by atoms with Crippen LogP contribution in [0.4, 0.5) is 0 Å². The molecule has 2 aromatic rings. The summed E-state index contributed by atoms with van der Waals surface area (Å²) >= 11 is 0. The van der Waals surface area contributed by atoms with E-state index in [9.17, 15) is 0 Å². The Hall–Kier alpha value is -1.68. The summed E-state index contributed by atoms with van der Waals surface area (Å²) in [4.78, 5) is 0. The van der Waals surface area contributed by atoms with E-state index in [0.29, 0.717) is 5.92 Å². The van der Waals surface area contributed by atoms with Crippen LogP contribution in [-0.2, 0) is 20.6 Å². The molecular weight excluding hydrogens is 360 g/mol. The van der Waals surface area contributed by atoms with Crippen LogP contribution in [-0.4, -0.2) is 27.3 Å². The summed E-state index contributed by atoms with van der Waals surface area (Å²) in [6, 6.07) is 15.7. The minimum absolute atomic E-state index is 0.613. The number of benzene rings is 2. The van der Waals surface area contributed by atoms with E-state index in [-0.39, 0.29) is 0 Å². The number of ether oxygens (including phenoxy) is 3. The standard InChI is InChI=1S/C26H36O3/c1-20(13-8-6-5-7-11-18-26(27-2,28-3)29-4)22-16-12-17-24-23-15-10-9-14-21(23)19-25(22)24/h9-10,12,14-17,20H,5-8,11,13,18-19H2,1-4H3. The van der Waals surface area contributed by atoms with Gasteiger partial charge in [-0.3, -0.25) is 0 Å². The van der Waals surface area contributed by atoms with E-state index in [2.05, 4.69) is 49.4 Å². The number of methoxy groups -OCH3 is 3. The second kappa shape index (κ2) is 10.4. The minimum atomic E-state index is -0.875. The van der Waals surface area contributed by atoms with Gasteiger partial charge in [0.05, 0.1) is 0 Å². The number of fused-ring (bicyclic) bond motifs is 3. The van der Waals surface area contributed by atoms with Crippen LogP contribution in [0, 0.1) is 0 Å². The molecule has 0 N–H and O–H groups in total. The van der Waals surface area contributed by atoms with Crippen LogP contribution in [0.15, 0.2) is 42.5 Å². The highest BCUT2D eigenvalue weighted by Gasteiger charge is 2.28.